The fourth-order valence-electron chi connectivity index (χ4n) is 2.86. The number of nitrogens with two attached hydrogens (primary N) is 1. The predicted molar refractivity (Wildman–Crippen MR) is 89.6 cm³/mol. The molecule has 0 bridgehead atoms. The van der Waals surface area contributed by atoms with Gasteiger partial charge in [0.15, 0.2) is 0 Å². The lowest BCUT2D eigenvalue weighted by Crippen LogP contribution is -2.34. The van der Waals surface area contributed by atoms with Gasteiger partial charge in [-0.2, -0.15) is 0 Å². The number of carbonyl (C=O) groups is 1. The van der Waals surface area contributed by atoms with Gasteiger partial charge in [-0.05, 0) is 62.9 Å². The number of benzene rings is 1. The Balaban J connectivity index is 1.80. The number of aryl methyl sites for hydroxylation is 2. The lowest BCUT2D eigenvalue weighted by Gasteiger charge is -2.21. The number of likely N-dealkylation sites (tertiary alicyclic amines) is 1. The molecule has 2 rings (SSSR count). The second-order valence-corrected chi connectivity index (χ2v) is 7.25. The molecule has 3 nitrogen and oxygen atoms in total. The molecular weight excluding hydrogens is 280 g/mol. The van der Waals surface area contributed by atoms with Crippen LogP contribution in [0.25, 0.3) is 0 Å². The number of amides is 1. The fourth-order valence-corrected chi connectivity index (χ4v) is 3.80. The smallest absolute Gasteiger partial charge is 0.223 e. The van der Waals surface area contributed by atoms with Gasteiger partial charge in [0.1, 0.15) is 0 Å². The summed E-state index contributed by atoms with van der Waals surface area (Å²) in [5.74, 6) is 1.60. The molecule has 2 N–H and O–H groups in total. The summed E-state index contributed by atoms with van der Waals surface area (Å²) in [5.41, 5.74) is 8.34. The van der Waals surface area contributed by atoms with Gasteiger partial charge in [0.25, 0.3) is 0 Å². The van der Waals surface area contributed by atoms with Gasteiger partial charge in [-0.1, -0.05) is 6.07 Å². The Bertz CT molecular complexity index is 504. The van der Waals surface area contributed by atoms with Crippen LogP contribution in [0.3, 0.4) is 0 Å². The highest BCUT2D eigenvalue weighted by Crippen LogP contribution is 2.25. The average molecular weight is 306 g/mol. The minimum atomic E-state index is 0.273. The topological polar surface area (TPSA) is 46.3 Å². The summed E-state index contributed by atoms with van der Waals surface area (Å²) in [4.78, 5) is 15.6. The molecule has 0 spiro atoms. The van der Waals surface area contributed by atoms with Crippen molar-refractivity contribution < 1.29 is 4.79 Å². The van der Waals surface area contributed by atoms with E-state index in [9.17, 15) is 4.79 Å². The van der Waals surface area contributed by atoms with Crippen LogP contribution in [-0.4, -0.2) is 35.7 Å². The molecular formula is C17H26N2OS. The number of rotatable bonds is 5. The zero-order valence-corrected chi connectivity index (χ0v) is 14.1. The SMILES string of the molecule is Cc1ccc(SCCC(=O)N2CC(CN)CC2C)cc1C. The standard InChI is InChI=1S/C17H26N2OS/c1-12-4-5-16(8-13(12)2)21-7-6-17(20)19-11-15(10-18)9-14(19)3/h4-5,8,14-15H,6-7,9-11,18H2,1-3H3. The first-order chi connectivity index (χ1) is 10.0. The molecule has 1 fully saturated rings. The van der Waals surface area contributed by atoms with Crippen LogP contribution in [0.15, 0.2) is 23.1 Å². The van der Waals surface area contributed by atoms with E-state index in [1.807, 2.05) is 4.90 Å². The van der Waals surface area contributed by atoms with Crippen LogP contribution in [0, 0.1) is 19.8 Å². The van der Waals surface area contributed by atoms with Crippen molar-refractivity contribution in [2.24, 2.45) is 11.7 Å². The van der Waals surface area contributed by atoms with E-state index in [1.165, 1.54) is 16.0 Å². The number of carbonyl (C=O) groups excluding carboxylic acids is 1. The summed E-state index contributed by atoms with van der Waals surface area (Å²) in [6.07, 6.45) is 1.66. The maximum Gasteiger partial charge on any atom is 0.223 e. The summed E-state index contributed by atoms with van der Waals surface area (Å²) in [6, 6.07) is 6.83. The summed E-state index contributed by atoms with van der Waals surface area (Å²) >= 11 is 1.77. The van der Waals surface area contributed by atoms with Gasteiger partial charge in [0.05, 0.1) is 0 Å². The van der Waals surface area contributed by atoms with Gasteiger partial charge < -0.3 is 10.6 Å². The average Bonchev–Trinajstić information content (AvgIpc) is 2.84. The van der Waals surface area contributed by atoms with Gasteiger partial charge in [-0.15, -0.1) is 11.8 Å². The molecule has 0 aromatic heterocycles. The van der Waals surface area contributed by atoms with E-state index < -0.39 is 0 Å². The molecule has 1 aromatic rings. The molecule has 4 heteroatoms. The molecule has 21 heavy (non-hydrogen) atoms. The highest BCUT2D eigenvalue weighted by Gasteiger charge is 2.30. The van der Waals surface area contributed by atoms with Crippen LogP contribution in [0.4, 0.5) is 0 Å². The van der Waals surface area contributed by atoms with Gasteiger partial charge in [-0.25, -0.2) is 0 Å². The van der Waals surface area contributed by atoms with Crippen molar-refractivity contribution in [3.05, 3.63) is 29.3 Å². The Labute approximate surface area is 132 Å². The Hall–Kier alpha value is -1.00. The minimum Gasteiger partial charge on any atom is -0.340 e. The third-order valence-electron chi connectivity index (χ3n) is 4.38. The van der Waals surface area contributed by atoms with Gasteiger partial charge in [-0.3, -0.25) is 4.79 Å². The van der Waals surface area contributed by atoms with E-state index in [1.54, 1.807) is 11.8 Å². The molecule has 1 heterocycles. The van der Waals surface area contributed by atoms with Gasteiger partial charge in [0.2, 0.25) is 5.91 Å². The molecule has 2 unspecified atom stereocenters. The maximum absolute atomic E-state index is 12.3. The van der Waals surface area contributed by atoms with E-state index >= 15 is 0 Å². The van der Waals surface area contributed by atoms with E-state index in [0.717, 1.165) is 18.7 Å². The van der Waals surface area contributed by atoms with Crippen molar-refractivity contribution in [3.63, 3.8) is 0 Å². The first-order valence-electron chi connectivity index (χ1n) is 7.71. The minimum absolute atomic E-state index is 0.273. The summed E-state index contributed by atoms with van der Waals surface area (Å²) in [7, 11) is 0. The second-order valence-electron chi connectivity index (χ2n) is 6.08. The molecule has 1 aliphatic rings. The number of hydrogen-bond acceptors (Lipinski definition) is 3. The molecule has 1 aromatic carbocycles. The summed E-state index contributed by atoms with van der Waals surface area (Å²) in [6.45, 7) is 7.90. The van der Waals surface area contributed by atoms with Crippen LogP contribution < -0.4 is 5.73 Å². The molecule has 0 saturated carbocycles. The Kier molecular flexibility index (Phi) is 5.71. The number of nitrogens with zero attached hydrogens (tertiary/aromatic N) is 1. The molecule has 1 saturated heterocycles. The van der Waals surface area contributed by atoms with Crippen molar-refractivity contribution >= 4 is 17.7 Å². The first kappa shape index (κ1) is 16.4. The van der Waals surface area contributed by atoms with Crippen molar-refractivity contribution in [2.75, 3.05) is 18.8 Å². The maximum atomic E-state index is 12.3. The van der Waals surface area contributed by atoms with E-state index in [-0.39, 0.29) is 5.91 Å². The van der Waals surface area contributed by atoms with Gasteiger partial charge in [0, 0.05) is 29.7 Å². The van der Waals surface area contributed by atoms with Crippen LogP contribution in [0.5, 0.6) is 0 Å². The number of hydrogen-bond donors (Lipinski definition) is 1. The third kappa shape index (κ3) is 4.24. The Morgan fingerprint density at radius 3 is 2.76 bits per heavy atom. The van der Waals surface area contributed by atoms with Crippen molar-refractivity contribution in [1.82, 2.24) is 4.90 Å². The molecule has 0 radical (unpaired) electrons. The first-order valence-corrected chi connectivity index (χ1v) is 8.69. The Morgan fingerprint density at radius 1 is 1.38 bits per heavy atom. The van der Waals surface area contributed by atoms with E-state index in [2.05, 4.69) is 39.0 Å². The predicted octanol–water partition coefficient (Wildman–Crippen LogP) is 2.98. The summed E-state index contributed by atoms with van der Waals surface area (Å²) in [5, 5.41) is 0. The monoisotopic (exact) mass is 306 g/mol. The molecule has 0 aliphatic carbocycles. The van der Waals surface area contributed by atoms with E-state index in [0.29, 0.717) is 24.9 Å². The number of thioether (sulfide) groups is 1. The highest BCUT2D eigenvalue weighted by atomic mass is 32.2. The van der Waals surface area contributed by atoms with Crippen LogP contribution in [0.2, 0.25) is 0 Å². The third-order valence-corrected chi connectivity index (χ3v) is 5.37. The quantitative estimate of drug-likeness (QED) is 0.851. The van der Waals surface area contributed by atoms with Crippen LogP contribution >= 0.6 is 11.8 Å². The lowest BCUT2D eigenvalue weighted by molar-refractivity contribution is -0.131. The second kappa shape index (κ2) is 7.32. The van der Waals surface area contributed by atoms with Gasteiger partial charge >= 0.3 is 0 Å². The van der Waals surface area contributed by atoms with E-state index in [4.69, 9.17) is 5.73 Å². The van der Waals surface area contributed by atoms with Crippen LogP contribution in [-0.2, 0) is 4.79 Å². The normalized spacial score (nSPS) is 21.8. The lowest BCUT2D eigenvalue weighted by atomic mass is 10.1. The fraction of sp³-hybridized carbons (Fsp3) is 0.588. The molecule has 116 valence electrons. The van der Waals surface area contributed by atoms with Crippen molar-refractivity contribution in [3.8, 4) is 0 Å². The largest absolute Gasteiger partial charge is 0.340 e. The zero-order chi connectivity index (χ0) is 15.4. The highest BCUT2D eigenvalue weighted by molar-refractivity contribution is 7.99. The zero-order valence-electron chi connectivity index (χ0n) is 13.3. The Morgan fingerprint density at radius 2 is 2.14 bits per heavy atom. The molecule has 1 amide bonds. The molecule has 2 atom stereocenters. The van der Waals surface area contributed by atoms with Crippen molar-refractivity contribution in [2.45, 2.75) is 44.6 Å². The molecule has 1 aliphatic heterocycles. The van der Waals surface area contributed by atoms with Crippen LogP contribution in [0.1, 0.15) is 30.9 Å². The summed E-state index contributed by atoms with van der Waals surface area (Å²) < 4.78 is 0. The van der Waals surface area contributed by atoms with Crippen molar-refractivity contribution in [1.29, 1.82) is 0 Å².